The molecule has 18 heavy (non-hydrogen) atoms. The number of nitrogens with zero attached hydrogens (tertiary/aromatic N) is 2. The van der Waals surface area contributed by atoms with Crippen LogP contribution in [-0.4, -0.2) is 35.6 Å². The zero-order valence-corrected chi connectivity index (χ0v) is 12.5. The normalized spacial score (nSPS) is 15.7. The molecule has 4 nitrogen and oxygen atoms in total. The molecule has 1 heterocycles. The lowest BCUT2D eigenvalue weighted by Gasteiger charge is -2.36. The van der Waals surface area contributed by atoms with Gasteiger partial charge in [-0.15, -0.1) is 0 Å². The van der Waals surface area contributed by atoms with Crippen molar-refractivity contribution in [3.63, 3.8) is 0 Å². The lowest BCUT2D eigenvalue weighted by molar-refractivity contribution is -0.0106. The van der Waals surface area contributed by atoms with E-state index >= 15 is 0 Å². The third-order valence-electron chi connectivity index (χ3n) is 3.15. The molecule has 1 aromatic rings. The SMILES string of the molecule is CCNC(Cc1cnn(C)c1)C(OC)C(C)(C)C. The predicted octanol–water partition coefficient (Wildman–Crippen LogP) is 2.00. The molecule has 0 spiro atoms. The van der Waals surface area contributed by atoms with E-state index in [0.717, 1.165) is 13.0 Å². The summed E-state index contributed by atoms with van der Waals surface area (Å²) in [4.78, 5) is 0. The molecule has 0 saturated heterocycles. The van der Waals surface area contributed by atoms with Gasteiger partial charge in [-0.25, -0.2) is 0 Å². The van der Waals surface area contributed by atoms with Crippen molar-refractivity contribution < 1.29 is 4.74 Å². The molecule has 0 amide bonds. The Balaban J connectivity index is 2.80. The zero-order valence-electron chi connectivity index (χ0n) is 12.5. The third kappa shape index (κ3) is 4.10. The maximum atomic E-state index is 5.72. The fraction of sp³-hybridized carbons (Fsp3) is 0.786. The van der Waals surface area contributed by atoms with Gasteiger partial charge in [0.05, 0.1) is 12.3 Å². The quantitative estimate of drug-likeness (QED) is 0.843. The Hall–Kier alpha value is -0.870. The summed E-state index contributed by atoms with van der Waals surface area (Å²) in [5.74, 6) is 0. The standard InChI is InChI=1S/C14H27N3O/c1-7-15-12(13(18-6)14(2,3)4)8-11-9-16-17(5)10-11/h9-10,12-13,15H,7-8H2,1-6H3. The van der Waals surface area contributed by atoms with E-state index in [-0.39, 0.29) is 11.5 Å². The van der Waals surface area contributed by atoms with Crippen LogP contribution >= 0.6 is 0 Å². The van der Waals surface area contributed by atoms with Crippen LogP contribution in [0, 0.1) is 5.41 Å². The van der Waals surface area contributed by atoms with Crippen LogP contribution in [-0.2, 0) is 18.2 Å². The molecule has 0 aliphatic carbocycles. The monoisotopic (exact) mass is 253 g/mol. The molecule has 0 fully saturated rings. The molecule has 0 radical (unpaired) electrons. The Morgan fingerprint density at radius 2 is 2.11 bits per heavy atom. The highest BCUT2D eigenvalue weighted by atomic mass is 16.5. The van der Waals surface area contributed by atoms with Gasteiger partial charge in [0, 0.05) is 26.4 Å². The first-order chi connectivity index (χ1) is 8.38. The first-order valence-electron chi connectivity index (χ1n) is 6.62. The largest absolute Gasteiger partial charge is 0.379 e. The summed E-state index contributed by atoms with van der Waals surface area (Å²) in [5.41, 5.74) is 1.36. The van der Waals surface area contributed by atoms with Gasteiger partial charge in [0.25, 0.3) is 0 Å². The van der Waals surface area contributed by atoms with Crippen molar-refractivity contribution >= 4 is 0 Å². The molecular formula is C14H27N3O. The fourth-order valence-electron chi connectivity index (χ4n) is 2.50. The summed E-state index contributed by atoms with van der Waals surface area (Å²) in [6.07, 6.45) is 5.12. The van der Waals surface area contributed by atoms with Crippen LogP contribution in [0.25, 0.3) is 0 Å². The maximum absolute atomic E-state index is 5.72. The van der Waals surface area contributed by atoms with E-state index in [9.17, 15) is 0 Å². The topological polar surface area (TPSA) is 39.1 Å². The minimum Gasteiger partial charge on any atom is -0.379 e. The average Bonchev–Trinajstić information content (AvgIpc) is 2.63. The van der Waals surface area contributed by atoms with Gasteiger partial charge in [0.1, 0.15) is 0 Å². The zero-order chi connectivity index (χ0) is 13.8. The van der Waals surface area contributed by atoms with E-state index in [1.165, 1.54) is 5.56 Å². The molecule has 1 rings (SSSR count). The summed E-state index contributed by atoms with van der Waals surface area (Å²) in [6, 6.07) is 0.309. The molecule has 0 bridgehead atoms. The van der Waals surface area contributed by atoms with Gasteiger partial charge < -0.3 is 10.1 Å². The number of hydrogen-bond donors (Lipinski definition) is 1. The van der Waals surface area contributed by atoms with Crippen LogP contribution < -0.4 is 5.32 Å². The summed E-state index contributed by atoms with van der Waals surface area (Å²) >= 11 is 0. The molecule has 1 aromatic heterocycles. The Kier molecular flexibility index (Phi) is 5.35. The van der Waals surface area contributed by atoms with Crippen molar-refractivity contribution in [3.05, 3.63) is 18.0 Å². The van der Waals surface area contributed by atoms with Crippen LogP contribution in [0.4, 0.5) is 0 Å². The highest BCUT2D eigenvalue weighted by Gasteiger charge is 2.32. The van der Waals surface area contributed by atoms with Crippen LogP contribution in [0.1, 0.15) is 33.3 Å². The molecule has 2 unspecified atom stereocenters. The van der Waals surface area contributed by atoms with Gasteiger partial charge in [0.15, 0.2) is 0 Å². The van der Waals surface area contributed by atoms with E-state index in [2.05, 4.69) is 44.3 Å². The fourth-order valence-corrected chi connectivity index (χ4v) is 2.50. The number of methoxy groups -OCH3 is 1. The van der Waals surface area contributed by atoms with E-state index < -0.39 is 0 Å². The average molecular weight is 253 g/mol. The maximum Gasteiger partial charge on any atom is 0.0775 e. The van der Waals surface area contributed by atoms with E-state index in [4.69, 9.17) is 4.74 Å². The number of hydrogen-bond acceptors (Lipinski definition) is 3. The van der Waals surface area contributed by atoms with Gasteiger partial charge in [-0.2, -0.15) is 5.10 Å². The summed E-state index contributed by atoms with van der Waals surface area (Å²) in [7, 11) is 3.74. The Morgan fingerprint density at radius 3 is 2.50 bits per heavy atom. The van der Waals surface area contributed by atoms with Crippen molar-refractivity contribution in [1.29, 1.82) is 0 Å². The molecule has 0 aliphatic heterocycles. The van der Waals surface area contributed by atoms with Crippen LogP contribution in [0.5, 0.6) is 0 Å². The Labute approximate surface area is 111 Å². The van der Waals surface area contributed by atoms with Gasteiger partial charge >= 0.3 is 0 Å². The van der Waals surface area contributed by atoms with Gasteiger partial charge in [-0.1, -0.05) is 27.7 Å². The molecule has 2 atom stereocenters. The molecule has 0 saturated carbocycles. The molecule has 4 heteroatoms. The van der Waals surface area contributed by atoms with Gasteiger partial charge in [-0.3, -0.25) is 4.68 Å². The minimum atomic E-state index is 0.115. The second-order valence-electron chi connectivity index (χ2n) is 5.91. The van der Waals surface area contributed by atoms with E-state index in [1.807, 2.05) is 17.9 Å². The van der Waals surface area contributed by atoms with Gasteiger partial charge in [-0.05, 0) is 23.9 Å². The number of aryl methyl sites for hydroxylation is 1. The number of aromatic nitrogens is 2. The first kappa shape index (κ1) is 15.2. The second-order valence-corrected chi connectivity index (χ2v) is 5.91. The Bertz CT molecular complexity index is 354. The second kappa shape index (κ2) is 6.34. The smallest absolute Gasteiger partial charge is 0.0775 e. The molecule has 104 valence electrons. The van der Waals surface area contributed by atoms with Crippen molar-refractivity contribution in [3.8, 4) is 0 Å². The first-order valence-corrected chi connectivity index (χ1v) is 6.62. The summed E-state index contributed by atoms with van der Waals surface area (Å²) in [6.45, 7) is 9.73. The highest BCUT2D eigenvalue weighted by molar-refractivity contribution is 5.07. The third-order valence-corrected chi connectivity index (χ3v) is 3.15. The van der Waals surface area contributed by atoms with Crippen LogP contribution in [0.2, 0.25) is 0 Å². The molecule has 0 aliphatic rings. The van der Waals surface area contributed by atoms with Crippen molar-refractivity contribution in [1.82, 2.24) is 15.1 Å². The Morgan fingerprint density at radius 1 is 1.44 bits per heavy atom. The lowest BCUT2D eigenvalue weighted by Crippen LogP contribution is -2.48. The molecule has 1 N–H and O–H groups in total. The van der Waals surface area contributed by atoms with Gasteiger partial charge in [0.2, 0.25) is 0 Å². The summed E-state index contributed by atoms with van der Waals surface area (Å²) < 4.78 is 7.56. The lowest BCUT2D eigenvalue weighted by atomic mass is 9.82. The number of likely N-dealkylation sites (N-methyl/N-ethyl adjacent to an activating group) is 1. The number of ether oxygens (including phenoxy) is 1. The minimum absolute atomic E-state index is 0.115. The summed E-state index contributed by atoms with van der Waals surface area (Å²) in [5, 5.41) is 7.76. The number of rotatable bonds is 6. The van der Waals surface area contributed by atoms with Crippen LogP contribution in [0.3, 0.4) is 0 Å². The number of nitrogens with one attached hydrogen (secondary N) is 1. The highest BCUT2D eigenvalue weighted by Crippen LogP contribution is 2.26. The van der Waals surface area contributed by atoms with Crippen molar-refractivity contribution in [2.24, 2.45) is 12.5 Å². The molecular weight excluding hydrogens is 226 g/mol. The predicted molar refractivity (Wildman–Crippen MR) is 74.6 cm³/mol. The van der Waals surface area contributed by atoms with Crippen molar-refractivity contribution in [2.75, 3.05) is 13.7 Å². The van der Waals surface area contributed by atoms with E-state index in [1.54, 1.807) is 7.11 Å². The van der Waals surface area contributed by atoms with Crippen LogP contribution in [0.15, 0.2) is 12.4 Å². The van der Waals surface area contributed by atoms with Crippen molar-refractivity contribution in [2.45, 2.75) is 46.3 Å². The molecule has 0 aromatic carbocycles. The van der Waals surface area contributed by atoms with E-state index in [0.29, 0.717) is 6.04 Å².